The molecular weight excluding hydrogens is 198 g/mol. The summed E-state index contributed by atoms with van der Waals surface area (Å²) in [5.74, 6) is 0.959. The Hall–Kier alpha value is -1.28. The van der Waals surface area contributed by atoms with E-state index >= 15 is 0 Å². The van der Waals surface area contributed by atoms with Gasteiger partial charge in [-0.1, -0.05) is 12.1 Å². The molecule has 2 aliphatic rings. The summed E-state index contributed by atoms with van der Waals surface area (Å²) in [6.07, 6.45) is 6.42. The molecule has 0 radical (unpaired) electrons. The molecule has 1 heterocycles. The number of hydrogen-bond acceptors (Lipinski definition) is 2. The third-order valence-corrected chi connectivity index (χ3v) is 3.41. The molecule has 0 amide bonds. The highest BCUT2D eigenvalue weighted by molar-refractivity contribution is 5.62. The third kappa shape index (κ3) is 1.54. The quantitative estimate of drug-likeness (QED) is 0.781. The molecule has 0 unspecified atom stereocenters. The first-order valence-corrected chi connectivity index (χ1v) is 5.80. The largest absolute Gasteiger partial charge is 0.483 e. The van der Waals surface area contributed by atoms with E-state index in [0.717, 1.165) is 24.2 Å². The minimum atomic E-state index is -0.200. The lowest BCUT2D eigenvalue weighted by molar-refractivity contribution is 0.159. The van der Waals surface area contributed by atoms with Crippen LogP contribution in [0.4, 0.5) is 0 Å². The van der Waals surface area contributed by atoms with Crippen LogP contribution in [0.2, 0.25) is 0 Å². The maximum Gasteiger partial charge on any atom is 0.127 e. The summed E-state index contributed by atoms with van der Waals surface area (Å²) in [5, 5.41) is 0. The lowest BCUT2D eigenvalue weighted by Gasteiger charge is -2.28. The Bertz CT molecular complexity index is 470. The number of fused-ring (bicyclic) bond motifs is 1. The Morgan fingerprint density at radius 3 is 2.69 bits per heavy atom. The molecule has 1 saturated carbocycles. The molecule has 0 aromatic heterocycles. The van der Waals surface area contributed by atoms with Crippen LogP contribution in [0.3, 0.4) is 0 Å². The van der Waals surface area contributed by atoms with Crippen molar-refractivity contribution in [3.05, 3.63) is 35.4 Å². The van der Waals surface area contributed by atoms with E-state index < -0.39 is 0 Å². The molecule has 84 valence electrons. The second-order valence-corrected chi connectivity index (χ2v) is 5.45. The SMILES string of the molecule is CC1(C)C=Cc2cc(C3(N)CC3)ccc2O1. The number of ether oxygens (including phenoxy) is 1. The Labute approximate surface area is 96.1 Å². The summed E-state index contributed by atoms with van der Waals surface area (Å²) in [7, 11) is 0. The van der Waals surface area contributed by atoms with Crippen molar-refractivity contribution < 1.29 is 4.74 Å². The summed E-state index contributed by atoms with van der Waals surface area (Å²) in [6.45, 7) is 4.12. The van der Waals surface area contributed by atoms with Gasteiger partial charge < -0.3 is 10.5 Å². The zero-order chi connectivity index (χ0) is 11.4. The molecule has 1 aliphatic carbocycles. The second kappa shape index (κ2) is 2.89. The summed E-state index contributed by atoms with van der Waals surface area (Å²) >= 11 is 0. The van der Waals surface area contributed by atoms with Gasteiger partial charge in [0.25, 0.3) is 0 Å². The fourth-order valence-corrected chi connectivity index (χ4v) is 2.11. The zero-order valence-electron chi connectivity index (χ0n) is 9.79. The van der Waals surface area contributed by atoms with Gasteiger partial charge in [-0.3, -0.25) is 0 Å². The van der Waals surface area contributed by atoms with Crippen LogP contribution >= 0.6 is 0 Å². The molecule has 1 aromatic carbocycles. The molecule has 2 nitrogen and oxygen atoms in total. The Morgan fingerprint density at radius 2 is 2.00 bits per heavy atom. The zero-order valence-corrected chi connectivity index (χ0v) is 9.79. The Kier molecular flexibility index (Phi) is 1.79. The molecular formula is C14H17NO. The standard InChI is InChI=1S/C14H17NO/c1-13(2)6-5-10-9-11(14(15)7-8-14)3-4-12(10)16-13/h3-6,9H,7-8,15H2,1-2H3. The van der Waals surface area contributed by atoms with E-state index in [4.69, 9.17) is 10.5 Å². The van der Waals surface area contributed by atoms with Gasteiger partial charge >= 0.3 is 0 Å². The van der Waals surface area contributed by atoms with Crippen LogP contribution in [0.5, 0.6) is 5.75 Å². The maximum absolute atomic E-state index is 6.19. The normalized spacial score (nSPS) is 23.4. The third-order valence-electron chi connectivity index (χ3n) is 3.41. The molecule has 16 heavy (non-hydrogen) atoms. The van der Waals surface area contributed by atoms with Crippen LogP contribution in [0.1, 0.15) is 37.8 Å². The monoisotopic (exact) mass is 215 g/mol. The lowest BCUT2D eigenvalue weighted by Crippen LogP contribution is -2.27. The van der Waals surface area contributed by atoms with Crippen LogP contribution in [-0.2, 0) is 5.54 Å². The van der Waals surface area contributed by atoms with Crippen LogP contribution in [0.25, 0.3) is 6.08 Å². The van der Waals surface area contributed by atoms with Crippen molar-refractivity contribution in [2.75, 3.05) is 0 Å². The van der Waals surface area contributed by atoms with E-state index in [0.29, 0.717) is 0 Å². The van der Waals surface area contributed by atoms with E-state index in [1.54, 1.807) is 0 Å². The predicted molar refractivity (Wildman–Crippen MR) is 65.3 cm³/mol. The minimum absolute atomic E-state index is 0.0597. The molecule has 1 aromatic rings. The van der Waals surface area contributed by atoms with Gasteiger partial charge in [-0.05, 0) is 50.5 Å². The first kappa shape index (κ1) is 9.91. The average Bonchev–Trinajstić information content (AvgIpc) is 2.96. The molecule has 0 bridgehead atoms. The fourth-order valence-electron chi connectivity index (χ4n) is 2.11. The number of nitrogens with two attached hydrogens (primary N) is 1. The molecule has 0 saturated heterocycles. The molecule has 1 fully saturated rings. The van der Waals surface area contributed by atoms with Gasteiger partial charge in [-0.25, -0.2) is 0 Å². The van der Waals surface area contributed by atoms with Crippen LogP contribution < -0.4 is 10.5 Å². The van der Waals surface area contributed by atoms with Gasteiger partial charge in [-0.15, -0.1) is 0 Å². The minimum Gasteiger partial charge on any atom is -0.483 e. The summed E-state index contributed by atoms with van der Waals surface area (Å²) < 4.78 is 5.88. The Balaban J connectivity index is 2.01. The van der Waals surface area contributed by atoms with Gasteiger partial charge in [0.15, 0.2) is 0 Å². The molecule has 0 atom stereocenters. The highest BCUT2D eigenvalue weighted by atomic mass is 16.5. The van der Waals surface area contributed by atoms with E-state index in [9.17, 15) is 0 Å². The van der Waals surface area contributed by atoms with E-state index in [1.807, 2.05) is 6.07 Å². The first-order valence-electron chi connectivity index (χ1n) is 5.80. The highest BCUT2D eigenvalue weighted by Gasteiger charge is 2.40. The summed E-state index contributed by atoms with van der Waals surface area (Å²) in [6, 6.07) is 6.30. The summed E-state index contributed by atoms with van der Waals surface area (Å²) in [5.41, 5.74) is 8.31. The van der Waals surface area contributed by atoms with Crippen molar-refractivity contribution in [3.63, 3.8) is 0 Å². The maximum atomic E-state index is 6.19. The molecule has 3 rings (SSSR count). The molecule has 0 spiro atoms. The van der Waals surface area contributed by atoms with E-state index in [2.05, 4.69) is 38.1 Å². The number of benzene rings is 1. The van der Waals surface area contributed by atoms with Crippen molar-refractivity contribution in [2.24, 2.45) is 5.73 Å². The topological polar surface area (TPSA) is 35.2 Å². The van der Waals surface area contributed by atoms with Crippen molar-refractivity contribution in [1.29, 1.82) is 0 Å². The van der Waals surface area contributed by atoms with Crippen molar-refractivity contribution >= 4 is 6.08 Å². The molecule has 1 aliphatic heterocycles. The first-order chi connectivity index (χ1) is 7.49. The summed E-state index contributed by atoms with van der Waals surface area (Å²) in [4.78, 5) is 0. The van der Waals surface area contributed by atoms with Gasteiger partial charge in [0.05, 0.1) is 0 Å². The van der Waals surface area contributed by atoms with Crippen LogP contribution in [0, 0.1) is 0 Å². The van der Waals surface area contributed by atoms with E-state index in [-0.39, 0.29) is 11.1 Å². The van der Waals surface area contributed by atoms with Crippen LogP contribution in [0.15, 0.2) is 24.3 Å². The lowest BCUT2D eigenvalue weighted by atomic mass is 9.98. The second-order valence-electron chi connectivity index (χ2n) is 5.45. The number of rotatable bonds is 1. The van der Waals surface area contributed by atoms with Crippen molar-refractivity contribution in [3.8, 4) is 5.75 Å². The number of hydrogen-bond donors (Lipinski definition) is 1. The Morgan fingerprint density at radius 1 is 1.25 bits per heavy atom. The predicted octanol–water partition coefficient (Wildman–Crippen LogP) is 2.82. The smallest absolute Gasteiger partial charge is 0.127 e. The van der Waals surface area contributed by atoms with Crippen LogP contribution in [-0.4, -0.2) is 5.60 Å². The van der Waals surface area contributed by atoms with Gasteiger partial charge in [0.1, 0.15) is 11.4 Å². The van der Waals surface area contributed by atoms with Crippen molar-refractivity contribution in [2.45, 2.75) is 37.8 Å². The molecule has 2 N–H and O–H groups in total. The molecule has 2 heteroatoms. The van der Waals surface area contributed by atoms with E-state index in [1.165, 1.54) is 5.56 Å². The fraction of sp³-hybridized carbons (Fsp3) is 0.429. The van der Waals surface area contributed by atoms with Gasteiger partial charge in [0.2, 0.25) is 0 Å². The highest BCUT2D eigenvalue weighted by Crippen LogP contribution is 2.44. The van der Waals surface area contributed by atoms with Gasteiger partial charge in [-0.2, -0.15) is 0 Å². The average molecular weight is 215 g/mol. The van der Waals surface area contributed by atoms with Crippen molar-refractivity contribution in [1.82, 2.24) is 0 Å². The van der Waals surface area contributed by atoms with Gasteiger partial charge in [0, 0.05) is 11.1 Å².